The van der Waals surface area contributed by atoms with E-state index in [-0.39, 0.29) is 42.6 Å². The summed E-state index contributed by atoms with van der Waals surface area (Å²) in [7, 11) is 0. The molecule has 0 spiro atoms. The second kappa shape index (κ2) is 7.07. The van der Waals surface area contributed by atoms with E-state index in [0.717, 1.165) is 6.42 Å². The molecule has 0 bridgehead atoms. The maximum Gasteiger partial charge on any atom is 0.186 e. The van der Waals surface area contributed by atoms with Gasteiger partial charge < -0.3 is 16.6 Å². The molecule has 10 heavy (non-hydrogen) atoms. The first kappa shape index (κ1) is 12.6. The number of aliphatic hydroxyl groups excluding tert-OH is 1. The lowest BCUT2D eigenvalue weighted by Crippen LogP contribution is -2.26. The second-order valence-corrected chi connectivity index (χ2v) is 1.80. The molecule has 0 aliphatic heterocycles. The first-order chi connectivity index (χ1) is 4.20. The topological polar surface area (TPSA) is 84.6 Å². The molecule has 0 aromatic rings. The van der Waals surface area contributed by atoms with Crippen LogP contribution in [0.5, 0.6) is 0 Å². The molecule has 5 heteroatoms. The van der Waals surface area contributed by atoms with Crippen molar-refractivity contribution < 1.29 is 5.11 Å². The van der Waals surface area contributed by atoms with Gasteiger partial charge in [-0.15, -0.1) is 24.0 Å². The molecule has 0 aliphatic carbocycles. The van der Waals surface area contributed by atoms with Crippen LogP contribution < -0.4 is 11.5 Å². The SMILES string of the molecule is CC[C@H](CO)N=C(N)N.I. The zero-order valence-corrected chi connectivity index (χ0v) is 8.28. The van der Waals surface area contributed by atoms with Crippen LogP contribution in [-0.4, -0.2) is 23.7 Å². The van der Waals surface area contributed by atoms with Crippen LogP contribution in [0.4, 0.5) is 0 Å². The van der Waals surface area contributed by atoms with Gasteiger partial charge in [0.15, 0.2) is 5.96 Å². The monoisotopic (exact) mass is 259 g/mol. The van der Waals surface area contributed by atoms with Crippen molar-refractivity contribution in [1.82, 2.24) is 0 Å². The van der Waals surface area contributed by atoms with Crippen molar-refractivity contribution in [2.24, 2.45) is 16.5 Å². The van der Waals surface area contributed by atoms with Crippen molar-refractivity contribution in [1.29, 1.82) is 0 Å². The van der Waals surface area contributed by atoms with E-state index >= 15 is 0 Å². The van der Waals surface area contributed by atoms with Crippen LogP contribution in [0.2, 0.25) is 0 Å². The fraction of sp³-hybridized carbons (Fsp3) is 0.800. The Kier molecular flexibility index (Phi) is 8.92. The Morgan fingerprint density at radius 2 is 2.10 bits per heavy atom. The molecule has 0 heterocycles. The van der Waals surface area contributed by atoms with Crippen LogP contribution >= 0.6 is 24.0 Å². The summed E-state index contributed by atoms with van der Waals surface area (Å²) in [5.41, 5.74) is 10.1. The van der Waals surface area contributed by atoms with Gasteiger partial charge in [0.05, 0.1) is 12.6 Å². The standard InChI is InChI=1S/C5H13N3O.HI/c1-2-4(3-9)8-5(6)7;/h4,9H,2-3H2,1H3,(H4,6,7,8);1H/t4-;/m1./s1. The van der Waals surface area contributed by atoms with E-state index in [4.69, 9.17) is 16.6 Å². The Bertz CT molecular complexity index is 99.1. The van der Waals surface area contributed by atoms with Crippen LogP contribution in [0.25, 0.3) is 0 Å². The predicted octanol–water partition coefficient (Wildman–Crippen LogP) is -0.351. The van der Waals surface area contributed by atoms with Gasteiger partial charge in [0.25, 0.3) is 0 Å². The molecule has 0 aromatic heterocycles. The minimum atomic E-state index is -0.130. The molecule has 0 saturated heterocycles. The molecule has 0 rings (SSSR count). The van der Waals surface area contributed by atoms with E-state index in [2.05, 4.69) is 4.99 Å². The van der Waals surface area contributed by atoms with Gasteiger partial charge in [0, 0.05) is 0 Å². The fourth-order valence-corrected chi connectivity index (χ4v) is 0.472. The van der Waals surface area contributed by atoms with Gasteiger partial charge in [-0.2, -0.15) is 0 Å². The third-order valence-electron chi connectivity index (χ3n) is 1.01. The van der Waals surface area contributed by atoms with E-state index in [1.54, 1.807) is 0 Å². The summed E-state index contributed by atoms with van der Waals surface area (Å²) in [6, 6.07) is -0.130. The zero-order valence-electron chi connectivity index (χ0n) is 5.95. The Balaban J connectivity index is 0. The van der Waals surface area contributed by atoms with Crippen LogP contribution in [0, 0.1) is 0 Å². The summed E-state index contributed by atoms with van der Waals surface area (Å²) in [4.78, 5) is 3.74. The molecule has 0 aromatic carbocycles. The normalized spacial score (nSPS) is 11.4. The van der Waals surface area contributed by atoms with Gasteiger partial charge in [0.2, 0.25) is 0 Å². The summed E-state index contributed by atoms with van der Waals surface area (Å²) in [5.74, 6) is 0.0379. The molecule has 0 amide bonds. The number of rotatable bonds is 3. The molecule has 0 fully saturated rings. The van der Waals surface area contributed by atoms with Crippen molar-refractivity contribution in [3.8, 4) is 0 Å². The molecular weight excluding hydrogens is 245 g/mol. The van der Waals surface area contributed by atoms with E-state index in [0.29, 0.717) is 0 Å². The number of aliphatic hydroxyl groups is 1. The van der Waals surface area contributed by atoms with Crippen molar-refractivity contribution >= 4 is 29.9 Å². The van der Waals surface area contributed by atoms with Crippen molar-refractivity contribution in [2.45, 2.75) is 19.4 Å². The Morgan fingerprint density at radius 3 is 2.20 bits per heavy atom. The number of halogens is 1. The summed E-state index contributed by atoms with van der Waals surface area (Å²) < 4.78 is 0. The smallest absolute Gasteiger partial charge is 0.186 e. The third-order valence-corrected chi connectivity index (χ3v) is 1.01. The highest BCUT2D eigenvalue weighted by atomic mass is 127. The molecule has 1 atom stereocenters. The minimum Gasteiger partial charge on any atom is -0.394 e. The van der Waals surface area contributed by atoms with Crippen LogP contribution in [0.3, 0.4) is 0 Å². The first-order valence-electron chi connectivity index (χ1n) is 2.90. The molecule has 62 valence electrons. The van der Waals surface area contributed by atoms with Gasteiger partial charge >= 0.3 is 0 Å². The molecular formula is C5H14IN3O. The van der Waals surface area contributed by atoms with E-state index in [9.17, 15) is 0 Å². The lowest BCUT2D eigenvalue weighted by Gasteiger charge is -2.03. The molecule has 5 N–H and O–H groups in total. The average molecular weight is 259 g/mol. The fourth-order valence-electron chi connectivity index (χ4n) is 0.472. The zero-order chi connectivity index (χ0) is 7.28. The lowest BCUT2D eigenvalue weighted by molar-refractivity contribution is 0.264. The van der Waals surface area contributed by atoms with E-state index in [1.807, 2.05) is 6.92 Å². The number of nitrogens with zero attached hydrogens (tertiary/aromatic N) is 1. The molecule has 0 aliphatic rings. The maximum atomic E-state index is 8.56. The third kappa shape index (κ3) is 6.09. The molecule has 4 nitrogen and oxygen atoms in total. The number of nitrogens with two attached hydrogens (primary N) is 2. The molecule has 0 saturated carbocycles. The summed E-state index contributed by atoms with van der Waals surface area (Å²) in [6.07, 6.45) is 0.758. The minimum absolute atomic E-state index is 0. The van der Waals surface area contributed by atoms with Crippen molar-refractivity contribution in [3.05, 3.63) is 0 Å². The van der Waals surface area contributed by atoms with Gasteiger partial charge in [0.1, 0.15) is 0 Å². The van der Waals surface area contributed by atoms with Crippen LogP contribution in [-0.2, 0) is 0 Å². The number of hydrogen-bond donors (Lipinski definition) is 3. The number of guanidine groups is 1. The Morgan fingerprint density at radius 1 is 1.60 bits per heavy atom. The first-order valence-corrected chi connectivity index (χ1v) is 2.90. The Hall–Kier alpha value is -0.0400. The second-order valence-electron chi connectivity index (χ2n) is 1.80. The van der Waals surface area contributed by atoms with Crippen molar-refractivity contribution in [2.75, 3.05) is 6.61 Å². The quantitative estimate of drug-likeness (QED) is 0.368. The summed E-state index contributed by atoms with van der Waals surface area (Å²) in [5, 5.41) is 8.56. The average Bonchev–Trinajstić information content (AvgIpc) is 1.82. The lowest BCUT2D eigenvalue weighted by atomic mass is 10.2. The number of aliphatic imine (C=N–C) groups is 1. The van der Waals surface area contributed by atoms with E-state index in [1.165, 1.54) is 0 Å². The molecule has 0 unspecified atom stereocenters. The van der Waals surface area contributed by atoms with Crippen molar-refractivity contribution in [3.63, 3.8) is 0 Å². The Labute approximate surface area is 77.7 Å². The summed E-state index contributed by atoms with van der Waals surface area (Å²) >= 11 is 0. The largest absolute Gasteiger partial charge is 0.394 e. The van der Waals surface area contributed by atoms with Gasteiger partial charge in [-0.1, -0.05) is 6.92 Å². The number of hydrogen-bond acceptors (Lipinski definition) is 2. The summed E-state index contributed by atoms with van der Waals surface area (Å²) in [6.45, 7) is 1.92. The highest BCUT2D eigenvalue weighted by molar-refractivity contribution is 14.0. The molecule has 0 radical (unpaired) electrons. The van der Waals surface area contributed by atoms with Crippen LogP contribution in [0.15, 0.2) is 4.99 Å². The van der Waals surface area contributed by atoms with Gasteiger partial charge in [-0.25, -0.2) is 4.99 Å². The van der Waals surface area contributed by atoms with E-state index < -0.39 is 0 Å². The maximum absolute atomic E-state index is 8.56. The highest BCUT2D eigenvalue weighted by Crippen LogP contribution is 1.93. The van der Waals surface area contributed by atoms with Gasteiger partial charge in [-0.05, 0) is 6.42 Å². The highest BCUT2D eigenvalue weighted by Gasteiger charge is 1.99. The van der Waals surface area contributed by atoms with Crippen LogP contribution in [0.1, 0.15) is 13.3 Å². The predicted molar refractivity (Wildman–Crippen MR) is 52.4 cm³/mol. The van der Waals surface area contributed by atoms with Gasteiger partial charge in [-0.3, -0.25) is 0 Å².